The zero-order valence-electron chi connectivity index (χ0n) is 16.3. The number of hydrogen-bond acceptors (Lipinski definition) is 7. The minimum Gasteiger partial charge on any atom is -0.384 e. The van der Waals surface area contributed by atoms with Gasteiger partial charge >= 0.3 is 0 Å². The van der Waals surface area contributed by atoms with E-state index in [2.05, 4.69) is 25.7 Å². The van der Waals surface area contributed by atoms with Crippen LogP contribution in [0.25, 0.3) is 10.9 Å². The molecule has 10 heteroatoms. The molecule has 4 rings (SSSR count). The van der Waals surface area contributed by atoms with Gasteiger partial charge in [0.1, 0.15) is 5.01 Å². The van der Waals surface area contributed by atoms with Crippen molar-refractivity contribution >= 4 is 39.2 Å². The lowest BCUT2D eigenvalue weighted by atomic mass is 10.1. The molecule has 3 aromatic rings. The standard InChI is InChI=1S/C19H22N6O3S/c1-11-3-4-14-13(9-11)16(23-21-14)18(27)25-7-5-12(10-25)17(26)20-19-24-22-15(29-19)6-8-28-2/h3-4,9,12H,5-8,10H2,1-2H3,(H,21,23)(H,20,24,26). The van der Waals surface area contributed by atoms with E-state index in [4.69, 9.17) is 4.74 Å². The third-order valence-corrected chi connectivity index (χ3v) is 5.88. The maximum Gasteiger partial charge on any atom is 0.275 e. The summed E-state index contributed by atoms with van der Waals surface area (Å²) in [6.07, 6.45) is 1.27. The zero-order chi connectivity index (χ0) is 20.4. The lowest BCUT2D eigenvalue weighted by Gasteiger charge is -2.15. The number of rotatable bonds is 6. The monoisotopic (exact) mass is 414 g/mol. The molecule has 1 unspecified atom stereocenters. The summed E-state index contributed by atoms with van der Waals surface area (Å²) in [7, 11) is 1.63. The normalized spacial score (nSPS) is 16.5. The van der Waals surface area contributed by atoms with E-state index in [-0.39, 0.29) is 17.7 Å². The number of benzene rings is 1. The molecule has 1 saturated heterocycles. The smallest absolute Gasteiger partial charge is 0.275 e. The van der Waals surface area contributed by atoms with E-state index in [1.807, 2.05) is 25.1 Å². The van der Waals surface area contributed by atoms with Crippen LogP contribution in [0.2, 0.25) is 0 Å². The van der Waals surface area contributed by atoms with E-state index in [0.717, 1.165) is 21.5 Å². The van der Waals surface area contributed by atoms with Crippen molar-refractivity contribution in [2.45, 2.75) is 19.8 Å². The van der Waals surface area contributed by atoms with Crippen LogP contribution in [-0.4, -0.2) is 63.9 Å². The maximum absolute atomic E-state index is 12.9. The Kier molecular flexibility index (Phi) is 5.54. The largest absolute Gasteiger partial charge is 0.384 e. The summed E-state index contributed by atoms with van der Waals surface area (Å²) in [5.41, 5.74) is 2.29. The number of anilines is 1. The molecule has 29 heavy (non-hydrogen) atoms. The molecule has 3 heterocycles. The minimum absolute atomic E-state index is 0.141. The fourth-order valence-corrected chi connectivity index (χ4v) is 4.12. The van der Waals surface area contributed by atoms with E-state index < -0.39 is 0 Å². The minimum atomic E-state index is -0.280. The number of amides is 2. The molecule has 2 aromatic heterocycles. The van der Waals surface area contributed by atoms with Gasteiger partial charge in [0.2, 0.25) is 11.0 Å². The zero-order valence-corrected chi connectivity index (χ0v) is 17.1. The van der Waals surface area contributed by atoms with Crippen LogP contribution >= 0.6 is 11.3 Å². The van der Waals surface area contributed by atoms with E-state index in [9.17, 15) is 9.59 Å². The van der Waals surface area contributed by atoms with Crippen LogP contribution in [-0.2, 0) is 16.0 Å². The number of nitrogens with one attached hydrogen (secondary N) is 2. The molecule has 1 aromatic carbocycles. The van der Waals surface area contributed by atoms with E-state index in [1.165, 1.54) is 11.3 Å². The van der Waals surface area contributed by atoms with Crippen molar-refractivity contribution in [3.8, 4) is 0 Å². The van der Waals surface area contributed by atoms with Crippen LogP contribution in [0.5, 0.6) is 0 Å². The molecule has 0 bridgehead atoms. The molecule has 0 aliphatic carbocycles. The number of H-pyrrole nitrogens is 1. The Labute approximate surface area is 171 Å². The maximum atomic E-state index is 12.9. The fourth-order valence-electron chi connectivity index (χ4n) is 3.40. The van der Waals surface area contributed by atoms with Gasteiger partial charge in [-0.25, -0.2) is 0 Å². The summed E-state index contributed by atoms with van der Waals surface area (Å²) >= 11 is 1.34. The molecule has 0 saturated carbocycles. The van der Waals surface area contributed by atoms with Gasteiger partial charge in [0.25, 0.3) is 5.91 Å². The number of carbonyl (C=O) groups excluding carboxylic acids is 2. The first kappa shape index (κ1) is 19.5. The second-order valence-electron chi connectivity index (χ2n) is 7.09. The first-order valence-electron chi connectivity index (χ1n) is 9.41. The molecule has 1 aliphatic rings. The number of carbonyl (C=O) groups is 2. The summed E-state index contributed by atoms with van der Waals surface area (Å²) in [4.78, 5) is 27.2. The predicted octanol–water partition coefficient (Wildman–Crippen LogP) is 2.01. The van der Waals surface area contributed by atoms with Gasteiger partial charge in [-0.3, -0.25) is 14.7 Å². The Balaban J connectivity index is 1.39. The van der Waals surface area contributed by atoms with Crippen molar-refractivity contribution in [2.75, 3.05) is 32.1 Å². The molecule has 152 valence electrons. The molecule has 1 fully saturated rings. The molecular weight excluding hydrogens is 392 g/mol. The van der Waals surface area contributed by atoms with Gasteiger partial charge in [-0.2, -0.15) is 5.10 Å². The topological polar surface area (TPSA) is 113 Å². The van der Waals surface area contributed by atoms with Gasteiger partial charge in [-0.05, 0) is 25.5 Å². The molecule has 2 amide bonds. The van der Waals surface area contributed by atoms with Gasteiger partial charge in [-0.1, -0.05) is 23.0 Å². The van der Waals surface area contributed by atoms with Gasteiger partial charge in [0.15, 0.2) is 5.69 Å². The van der Waals surface area contributed by atoms with E-state index in [1.54, 1.807) is 12.0 Å². The Bertz CT molecular complexity index is 1050. The lowest BCUT2D eigenvalue weighted by Crippen LogP contribution is -2.31. The van der Waals surface area contributed by atoms with E-state index >= 15 is 0 Å². The summed E-state index contributed by atoms with van der Waals surface area (Å²) in [5.74, 6) is -0.579. The van der Waals surface area contributed by atoms with Gasteiger partial charge in [0.05, 0.1) is 18.0 Å². The lowest BCUT2D eigenvalue weighted by molar-refractivity contribution is -0.119. The SMILES string of the molecule is COCCc1nnc(NC(=O)C2CCN(C(=O)c3n[nH]c4ccc(C)cc34)C2)s1. The number of hydrogen-bond donors (Lipinski definition) is 2. The summed E-state index contributed by atoms with van der Waals surface area (Å²) in [5, 5.41) is 20.1. The van der Waals surface area contributed by atoms with Crippen LogP contribution in [0, 0.1) is 12.8 Å². The van der Waals surface area contributed by atoms with Crippen LogP contribution in [0.1, 0.15) is 27.5 Å². The summed E-state index contributed by atoms with van der Waals surface area (Å²) < 4.78 is 5.02. The second-order valence-corrected chi connectivity index (χ2v) is 8.15. The third-order valence-electron chi connectivity index (χ3n) is 4.98. The Morgan fingerprint density at radius 1 is 1.38 bits per heavy atom. The highest BCUT2D eigenvalue weighted by Crippen LogP contribution is 2.24. The number of aromatic amines is 1. The number of methoxy groups -OCH3 is 1. The highest BCUT2D eigenvalue weighted by atomic mass is 32.1. The predicted molar refractivity (Wildman–Crippen MR) is 109 cm³/mol. The van der Waals surface area contributed by atoms with Crippen LogP contribution < -0.4 is 5.32 Å². The molecule has 0 spiro atoms. The number of ether oxygens (including phenoxy) is 1. The van der Waals surface area contributed by atoms with Crippen molar-refractivity contribution in [3.63, 3.8) is 0 Å². The van der Waals surface area contributed by atoms with Crippen LogP contribution in [0.4, 0.5) is 5.13 Å². The molecule has 9 nitrogen and oxygen atoms in total. The van der Waals surface area contributed by atoms with Crippen molar-refractivity contribution < 1.29 is 14.3 Å². The molecule has 0 radical (unpaired) electrons. The number of likely N-dealkylation sites (tertiary alicyclic amines) is 1. The van der Waals surface area contributed by atoms with Crippen LogP contribution in [0.15, 0.2) is 18.2 Å². The average molecular weight is 414 g/mol. The van der Waals surface area contributed by atoms with Gasteiger partial charge in [0, 0.05) is 32.0 Å². The van der Waals surface area contributed by atoms with Crippen molar-refractivity contribution in [3.05, 3.63) is 34.5 Å². The van der Waals surface area contributed by atoms with Gasteiger partial charge < -0.3 is 15.0 Å². The number of aryl methyl sites for hydroxylation is 1. The highest BCUT2D eigenvalue weighted by Gasteiger charge is 2.33. The number of fused-ring (bicyclic) bond motifs is 1. The Hall–Kier alpha value is -2.85. The fraction of sp³-hybridized carbons (Fsp3) is 0.421. The average Bonchev–Trinajstić information content (AvgIpc) is 3.45. The Morgan fingerprint density at radius 2 is 2.24 bits per heavy atom. The molecule has 2 N–H and O–H groups in total. The van der Waals surface area contributed by atoms with Crippen molar-refractivity contribution in [1.29, 1.82) is 0 Å². The van der Waals surface area contributed by atoms with Gasteiger partial charge in [-0.15, -0.1) is 10.2 Å². The molecule has 1 aliphatic heterocycles. The summed E-state index contributed by atoms with van der Waals surface area (Å²) in [6, 6.07) is 5.83. The van der Waals surface area contributed by atoms with Crippen molar-refractivity contribution in [1.82, 2.24) is 25.3 Å². The first-order chi connectivity index (χ1) is 14.0. The van der Waals surface area contributed by atoms with Crippen molar-refractivity contribution in [2.24, 2.45) is 5.92 Å². The highest BCUT2D eigenvalue weighted by molar-refractivity contribution is 7.15. The Morgan fingerprint density at radius 3 is 3.07 bits per heavy atom. The number of aromatic nitrogens is 4. The quantitative estimate of drug-likeness (QED) is 0.638. The third kappa shape index (κ3) is 4.13. The van der Waals surface area contributed by atoms with Crippen LogP contribution in [0.3, 0.4) is 0 Å². The number of nitrogens with zero attached hydrogens (tertiary/aromatic N) is 4. The molecule has 1 atom stereocenters. The second kappa shape index (κ2) is 8.26. The molecular formula is C19H22N6O3S. The first-order valence-corrected chi connectivity index (χ1v) is 10.2. The summed E-state index contributed by atoms with van der Waals surface area (Å²) in [6.45, 7) is 3.42. The van der Waals surface area contributed by atoms with E-state index in [0.29, 0.717) is 43.4 Å².